The van der Waals surface area contributed by atoms with Gasteiger partial charge in [0, 0.05) is 30.0 Å². The first-order valence-electron chi connectivity index (χ1n) is 12.1. The molecule has 0 amide bonds. The molecule has 4 heterocycles. The van der Waals surface area contributed by atoms with Gasteiger partial charge in [-0.1, -0.05) is 18.2 Å². The summed E-state index contributed by atoms with van der Waals surface area (Å²) in [6, 6.07) is 16.3. The molecule has 1 fully saturated rings. The number of anilines is 1. The van der Waals surface area contributed by atoms with Crippen LogP contribution >= 0.6 is 0 Å². The van der Waals surface area contributed by atoms with Crippen molar-refractivity contribution in [2.24, 2.45) is 0 Å². The van der Waals surface area contributed by atoms with Crippen molar-refractivity contribution in [2.45, 2.75) is 37.8 Å². The van der Waals surface area contributed by atoms with E-state index in [9.17, 15) is 5.26 Å². The van der Waals surface area contributed by atoms with E-state index in [0.29, 0.717) is 22.8 Å². The average Bonchev–Trinajstić information content (AvgIpc) is 3.61. The summed E-state index contributed by atoms with van der Waals surface area (Å²) in [6.45, 7) is 0. The maximum absolute atomic E-state index is 9.67. The zero-order valence-electron chi connectivity index (χ0n) is 19.9. The van der Waals surface area contributed by atoms with Crippen LogP contribution in [0.15, 0.2) is 67.5 Å². The Hall–Kier alpha value is -5.09. The van der Waals surface area contributed by atoms with Crippen LogP contribution in [0.2, 0.25) is 0 Å². The van der Waals surface area contributed by atoms with E-state index < -0.39 is 0 Å². The zero-order valence-corrected chi connectivity index (χ0v) is 19.9. The topological polar surface area (TPSA) is 134 Å². The van der Waals surface area contributed by atoms with Crippen molar-refractivity contribution in [1.29, 1.82) is 10.5 Å². The van der Waals surface area contributed by atoms with Crippen LogP contribution < -0.4 is 5.32 Å². The fourth-order valence-corrected chi connectivity index (χ4v) is 4.90. The van der Waals surface area contributed by atoms with Gasteiger partial charge in [-0.25, -0.2) is 24.6 Å². The third-order valence-electron chi connectivity index (χ3n) is 6.70. The van der Waals surface area contributed by atoms with Gasteiger partial charge in [-0.3, -0.25) is 0 Å². The van der Waals surface area contributed by atoms with E-state index in [-0.39, 0.29) is 12.1 Å². The molecule has 37 heavy (non-hydrogen) atoms. The van der Waals surface area contributed by atoms with Crippen molar-refractivity contribution < 1.29 is 0 Å². The largest absolute Gasteiger partial charge is 0.351 e. The Labute approximate surface area is 212 Å². The highest BCUT2D eigenvalue weighted by Crippen LogP contribution is 2.32. The fourth-order valence-electron chi connectivity index (χ4n) is 4.90. The van der Waals surface area contributed by atoms with Gasteiger partial charge < -0.3 is 9.88 Å². The number of rotatable bonds is 5. The smallest absolute Gasteiger partial charge is 0.223 e. The van der Waals surface area contributed by atoms with E-state index in [1.165, 1.54) is 0 Å². The number of imidazole rings is 1. The number of nitriles is 2. The lowest BCUT2D eigenvalue weighted by Crippen LogP contribution is -2.29. The van der Waals surface area contributed by atoms with E-state index in [2.05, 4.69) is 42.1 Å². The van der Waals surface area contributed by atoms with Crippen molar-refractivity contribution >= 4 is 17.1 Å². The summed E-state index contributed by atoms with van der Waals surface area (Å²) in [7, 11) is 0. The first kappa shape index (κ1) is 22.4. The van der Waals surface area contributed by atoms with E-state index in [1.54, 1.807) is 29.3 Å². The highest BCUT2D eigenvalue weighted by molar-refractivity contribution is 5.72. The summed E-state index contributed by atoms with van der Waals surface area (Å²) in [4.78, 5) is 18.1. The highest BCUT2D eigenvalue weighted by atomic mass is 15.3. The predicted molar refractivity (Wildman–Crippen MR) is 136 cm³/mol. The molecule has 1 saturated carbocycles. The molecule has 0 spiro atoms. The number of fused-ring (bicyclic) bond motifs is 1. The Balaban J connectivity index is 1.23. The van der Waals surface area contributed by atoms with Gasteiger partial charge in [0.1, 0.15) is 17.7 Å². The molecule has 1 aliphatic rings. The molecule has 1 aromatic carbocycles. The Morgan fingerprint density at radius 3 is 2.70 bits per heavy atom. The number of aromatic nitrogens is 7. The SMILES string of the molecule is N#Cc1cnc2c(c1)ncn2[C@H]1CCC[C@@H](Nc2ncc(C#N)c(-c3cnn(-c4ccccc4)c3)n2)C1. The van der Waals surface area contributed by atoms with Gasteiger partial charge in [0.25, 0.3) is 0 Å². The number of hydrogen-bond donors (Lipinski definition) is 1. The zero-order chi connectivity index (χ0) is 25.2. The third kappa shape index (κ3) is 4.37. The molecule has 2 atom stereocenters. The lowest BCUT2D eigenvalue weighted by atomic mass is 9.91. The van der Waals surface area contributed by atoms with Crippen LogP contribution in [0.5, 0.6) is 0 Å². The Kier molecular flexibility index (Phi) is 5.75. The number of para-hydroxylation sites is 1. The maximum Gasteiger partial charge on any atom is 0.223 e. The van der Waals surface area contributed by atoms with Gasteiger partial charge in [-0.15, -0.1) is 0 Å². The fraction of sp³-hybridized carbons (Fsp3) is 0.222. The van der Waals surface area contributed by atoms with Gasteiger partial charge in [-0.05, 0) is 43.9 Å². The molecule has 0 saturated heterocycles. The molecule has 1 N–H and O–H groups in total. The van der Waals surface area contributed by atoms with Crippen molar-refractivity contribution in [2.75, 3.05) is 5.32 Å². The van der Waals surface area contributed by atoms with Gasteiger partial charge in [0.15, 0.2) is 5.65 Å². The minimum atomic E-state index is 0.155. The van der Waals surface area contributed by atoms with Crippen molar-refractivity contribution in [1.82, 2.24) is 34.3 Å². The monoisotopic (exact) mass is 486 g/mol. The summed E-state index contributed by atoms with van der Waals surface area (Å²) in [5, 5.41) is 26.7. The number of hydrogen-bond acceptors (Lipinski definition) is 8. The normalized spacial score (nSPS) is 17.2. The molecule has 10 nitrogen and oxygen atoms in total. The summed E-state index contributed by atoms with van der Waals surface area (Å²) in [5.41, 5.74) is 4.64. The molecular formula is C27H22N10. The molecule has 1 aliphatic carbocycles. The number of nitrogens with zero attached hydrogens (tertiary/aromatic N) is 9. The Morgan fingerprint density at radius 1 is 0.973 bits per heavy atom. The first-order chi connectivity index (χ1) is 18.2. The van der Waals surface area contributed by atoms with Crippen LogP contribution in [0.25, 0.3) is 28.1 Å². The third-order valence-corrected chi connectivity index (χ3v) is 6.70. The van der Waals surface area contributed by atoms with E-state index >= 15 is 0 Å². The molecule has 6 rings (SSSR count). The van der Waals surface area contributed by atoms with Gasteiger partial charge in [0.05, 0.1) is 41.2 Å². The molecule has 180 valence electrons. The van der Waals surface area contributed by atoms with Crippen molar-refractivity contribution in [3.63, 3.8) is 0 Å². The standard InChI is InChI=1S/C27H22N10/c28-11-18-9-24-26(30-13-18)36(17-32-24)23-8-4-5-21(10-23)34-27-31-14-19(12-29)25(35-27)20-15-33-37(16-20)22-6-2-1-3-7-22/h1-3,6-7,9,13-17,21,23H,4-5,8,10H2,(H,31,34,35)/t21-,23+/m1/s1. The summed E-state index contributed by atoms with van der Waals surface area (Å²) >= 11 is 0. The summed E-state index contributed by atoms with van der Waals surface area (Å²) in [5.74, 6) is 0.486. The second kappa shape index (κ2) is 9.51. The van der Waals surface area contributed by atoms with Gasteiger partial charge >= 0.3 is 0 Å². The van der Waals surface area contributed by atoms with Gasteiger partial charge in [0.2, 0.25) is 5.95 Å². The molecule has 4 aromatic heterocycles. The second-order valence-corrected chi connectivity index (χ2v) is 9.07. The molecular weight excluding hydrogens is 464 g/mol. The van der Waals surface area contributed by atoms with Crippen LogP contribution in [0.1, 0.15) is 42.9 Å². The second-order valence-electron chi connectivity index (χ2n) is 9.07. The molecule has 0 radical (unpaired) electrons. The van der Waals surface area contributed by atoms with Crippen LogP contribution in [0.3, 0.4) is 0 Å². The minimum Gasteiger partial charge on any atom is -0.351 e. The van der Waals surface area contributed by atoms with Gasteiger partial charge in [-0.2, -0.15) is 15.6 Å². The number of nitrogens with one attached hydrogen (secondary N) is 1. The molecule has 10 heteroatoms. The van der Waals surface area contributed by atoms with Crippen LogP contribution in [0.4, 0.5) is 5.95 Å². The maximum atomic E-state index is 9.67. The summed E-state index contributed by atoms with van der Waals surface area (Å²) in [6.07, 6.45) is 12.4. The lowest BCUT2D eigenvalue weighted by molar-refractivity contribution is 0.335. The van der Waals surface area contributed by atoms with E-state index in [1.807, 2.05) is 42.9 Å². The quantitative estimate of drug-likeness (QED) is 0.386. The number of benzene rings is 1. The minimum absolute atomic E-state index is 0.155. The highest BCUT2D eigenvalue weighted by Gasteiger charge is 2.26. The van der Waals surface area contributed by atoms with Crippen LogP contribution in [0, 0.1) is 22.7 Å². The molecule has 0 unspecified atom stereocenters. The molecule has 0 aliphatic heterocycles. The van der Waals surface area contributed by atoms with E-state index in [4.69, 9.17) is 10.2 Å². The predicted octanol–water partition coefficient (Wildman–Crippen LogP) is 4.41. The van der Waals surface area contributed by atoms with Crippen molar-refractivity contribution in [3.8, 4) is 29.1 Å². The average molecular weight is 487 g/mol. The van der Waals surface area contributed by atoms with E-state index in [0.717, 1.165) is 48.1 Å². The molecule has 5 aromatic rings. The van der Waals surface area contributed by atoms with Crippen LogP contribution in [-0.2, 0) is 0 Å². The van der Waals surface area contributed by atoms with Crippen molar-refractivity contribution in [3.05, 3.63) is 78.6 Å². The number of pyridine rings is 1. The first-order valence-corrected chi connectivity index (χ1v) is 12.1. The van der Waals surface area contributed by atoms with Crippen LogP contribution in [-0.4, -0.2) is 40.3 Å². The summed E-state index contributed by atoms with van der Waals surface area (Å²) < 4.78 is 3.87. The Bertz CT molecular complexity index is 1650. The Morgan fingerprint density at radius 2 is 1.86 bits per heavy atom. The lowest BCUT2D eigenvalue weighted by Gasteiger charge is -2.30. The molecule has 0 bridgehead atoms.